The van der Waals surface area contributed by atoms with Crippen molar-refractivity contribution in [3.8, 4) is 22.5 Å². The molecule has 2 heterocycles. The molecule has 1 aliphatic rings. The van der Waals surface area contributed by atoms with Crippen LogP contribution in [0.2, 0.25) is 0 Å². The maximum absolute atomic E-state index is 13.6. The highest BCUT2D eigenvalue weighted by atomic mass is 16.6. The summed E-state index contributed by atoms with van der Waals surface area (Å²) in [6, 6.07) is 14.7. The molecule has 54 heavy (non-hydrogen) atoms. The number of nitrogens with one attached hydrogen (secondary N) is 3. The highest BCUT2D eigenvalue weighted by Gasteiger charge is 2.30. The summed E-state index contributed by atoms with van der Waals surface area (Å²) in [5.41, 5.74) is 3.46. The maximum atomic E-state index is 13.6. The number of hydrogen-bond acceptors (Lipinski definition) is 11. The van der Waals surface area contributed by atoms with E-state index in [-0.39, 0.29) is 56.9 Å². The third-order valence-electron chi connectivity index (χ3n) is 8.21. The summed E-state index contributed by atoms with van der Waals surface area (Å²) in [7, 11) is 1.55. The molecule has 15 heteroatoms. The molecule has 0 radical (unpaired) electrons. The number of carbonyl (C=O) groups excluding carboxylic acids is 4. The SMILES string of the molecule is COCCOCC(=O)NCC(=O)N1Cc2ccccc2-c2c(nnn2CCOC(=O)NCCCCC(NC(C)(C)C)C(=O)OC(C)(C)C)-c2ccccc21. The molecular formula is C39H55N7O8. The molecule has 15 nitrogen and oxygen atoms in total. The Bertz CT molecular complexity index is 1730. The Hall–Kier alpha value is -4.86. The van der Waals surface area contributed by atoms with Gasteiger partial charge in [0.05, 0.1) is 44.2 Å². The number of anilines is 1. The van der Waals surface area contributed by atoms with Crippen LogP contribution >= 0.6 is 0 Å². The molecule has 3 N–H and O–H groups in total. The van der Waals surface area contributed by atoms with Crippen LogP contribution in [0.3, 0.4) is 0 Å². The van der Waals surface area contributed by atoms with E-state index in [4.69, 9.17) is 18.9 Å². The largest absolute Gasteiger partial charge is 0.459 e. The minimum atomic E-state index is -0.581. The Kier molecular flexibility index (Phi) is 15.1. The van der Waals surface area contributed by atoms with E-state index >= 15 is 0 Å². The van der Waals surface area contributed by atoms with Crippen LogP contribution in [0.25, 0.3) is 22.5 Å². The number of carbonyl (C=O) groups is 4. The number of para-hydroxylation sites is 1. The fourth-order valence-corrected chi connectivity index (χ4v) is 5.91. The second-order valence-corrected chi connectivity index (χ2v) is 15.0. The van der Waals surface area contributed by atoms with E-state index in [1.807, 2.05) is 90.1 Å². The monoisotopic (exact) mass is 749 g/mol. The molecule has 0 spiro atoms. The van der Waals surface area contributed by atoms with Crippen LogP contribution in [0, 0.1) is 0 Å². The normalized spacial score (nSPS) is 13.1. The fraction of sp³-hybridized carbons (Fsp3) is 0.538. The van der Waals surface area contributed by atoms with Crippen LogP contribution in [0.4, 0.5) is 10.5 Å². The van der Waals surface area contributed by atoms with Crippen molar-refractivity contribution in [3.05, 3.63) is 54.1 Å². The Morgan fingerprint density at radius 3 is 2.33 bits per heavy atom. The predicted octanol–water partition coefficient (Wildman–Crippen LogP) is 4.23. The summed E-state index contributed by atoms with van der Waals surface area (Å²) in [6.07, 6.45) is 1.37. The van der Waals surface area contributed by atoms with Gasteiger partial charge in [-0.15, -0.1) is 5.10 Å². The molecule has 0 aliphatic carbocycles. The molecule has 1 aromatic heterocycles. The van der Waals surface area contributed by atoms with Gasteiger partial charge in [0.25, 0.3) is 0 Å². The van der Waals surface area contributed by atoms with Gasteiger partial charge in [0.15, 0.2) is 0 Å². The second kappa shape index (κ2) is 19.5. The number of alkyl carbamates (subject to hydrolysis) is 1. The van der Waals surface area contributed by atoms with Crippen molar-refractivity contribution < 1.29 is 38.1 Å². The highest BCUT2D eigenvalue weighted by Crippen LogP contribution is 2.40. The van der Waals surface area contributed by atoms with E-state index in [0.29, 0.717) is 49.4 Å². The van der Waals surface area contributed by atoms with Crippen LogP contribution in [-0.4, -0.2) is 103 Å². The summed E-state index contributed by atoms with van der Waals surface area (Å²) in [4.78, 5) is 53.0. The zero-order chi connectivity index (χ0) is 39.3. The number of benzene rings is 2. The number of nitrogens with zero attached hydrogens (tertiary/aromatic N) is 4. The van der Waals surface area contributed by atoms with Gasteiger partial charge in [0.2, 0.25) is 11.8 Å². The predicted molar refractivity (Wildman–Crippen MR) is 204 cm³/mol. The number of hydrogen-bond donors (Lipinski definition) is 3. The first-order valence-electron chi connectivity index (χ1n) is 18.3. The first kappa shape index (κ1) is 41.9. The molecule has 294 valence electrons. The average Bonchev–Trinajstić information content (AvgIpc) is 3.51. The van der Waals surface area contributed by atoms with Crippen molar-refractivity contribution in [1.29, 1.82) is 0 Å². The van der Waals surface area contributed by atoms with Crippen LogP contribution in [0.5, 0.6) is 0 Å². The van der Waals surface area contributed by atoms with Crippen molar-refractivity contribution in [1.82, 2.24) is 30.9 Å². The van der Waals surface area contributed by atoms with Gasteiger partial charge < -0.3 is 34.5 Å². The zero-order valence-electron chi connectivity index (χ0n) is 32.5. The third-order valence-corrected chi connectivity index (χ3v) is 8.21. The summed E-state index contributed by atoms with van der Waals surface area (Å²) >= 11 is 0. The number of methoxy groups -OCH3 is 1. The zero-order valence-corrected chi connectivity index (χ0v) is 32.5. The first-order chi connectivity index (χ1) is 25.7. The molecule has 4 rings (SSSR count). The number of fused-ring (bicyclic) bond motifs is 5. The molecular weight excluding hydrogens is 694 g/mol. The molecule has 1 unspecified atom stereocenters. The van der Waals surface area contributed by atoms with Gasteiger partial charge in [-0.2, -0.15) is 0 Å². The summed E-state index contributed by atoms with van der Waals surface area (Å²) in [5, 5.41) is 17.8. The van der Waals surface area contributed by atoms with Crippen LogP contribution in [0.1, 0.15) is 66.4 Å². The Labute approximate surface area is 317 Å². The van der Waals surface area contributed by atoms with E-state index in [2.05, 4.69) is 26.3 Å². The van der Waals surface area contributed by atoms with E-state index in [9.17, 15) is 19.2 Å². The van der Waals surface area contributed by atoms with Gasteiger partial charge in [-0.05, 0) is 72.4 Å². The minimum Gasteiger partial charge on any atom is -0.459 e. The van der Waals surface area contributed by atoms with Crippen molar-refractivity contribution in [2.75, 3.05) is 51.5 Å². The summed E-state index contributed by atoms with van der Waals surface area (Å²) in [6.45, 7) is 12.7. The van der Waals surface area contributed by atoms with Crippen molar-refractivity contribution in [3.63, 3.8) is 0 Å². The number of rotatable bonds is 17. The van der Waals surface area contributed by atoms with Crippen molar-refractivity contribution in [2.45, 2.75) is 91.1 Å². The Balaban J connectivity index is 1.37. The lowest BCUT2D eigenvalue weighted by molar-refractivity contribution is -0.158. The molecule has 0 saturated carbocycles. The van der Waals surface area contributed by atoms with Gasteiger partial charge >= 0.3 is 12.1 Å². The second-order valence-electron chi connectivity index (χ2n) is 15.0. The molecule has 0 saturated heterocycles. The lowest BCUT2D eigenvalue weighted by atomic mass is 9.95. The number of amides is 3. The van der Waals surface area contributed by atoms with Crippen LogP contribution in [-0.2, 0) is 46.4 Å². The Morgan fingerprint density at radius 2 is 1.61 bits per heavy atom. The quantitative estimate of drug-likeness (QED) is 0.133. The van der Waals surface area contributed by atoms with E-state index < -0.39 is 23.6 Å². The van der Waals surface area contributed by atoms with E-state index in [1.165, 1.54) is 0 Å². The molecule has 0 fully saturated rings. The molecule has 2 aromatic carbocycles. The van der Waals surface area contributed by atoms with E-state index in [1.54, 1.807) is 16.7 Å². The smallest absolute Gasteiger partial charge is 0.407 e. The number of esters is 1. The molecule has 1 aliphatic heterocycles. The fourth-order valence-electron chi connectivity index (χ4n) is 5.91. The molecule has 3 amide bonds. The maximum Gasteiger partial charge on any atom is 0.407 e. The van der Waals surface area contributed by atoms with E-state index in [0.717, 1.165) is 16.8 Å². The third kappa shape index (κ3) is 12.6. The topological polar surface area (TPSA) is 175 Å². The van der Waals surface area contributed by atoms with Crippen molar-refractivity contribution >= 4 is 29.6 Å². The lowest BCUT2D eigenvalue weighted by Gasteiger charge is -2.30. The van der Waals surface area contributed by atoms with Gasteiger partial charge in [-0.1, -0.05) is 47.7 Å². The lowest BCUT2D eigenvalue weighted by Crippen LogP contribution is -2.49. The minimum absolute atomic E-state index is 0.0428. The first-order valence-corrected chi connectivity index (χ1v) is 18.3. The van der Waals surface area contributed by atoms with Crippen molar-refractivity contribution in [2.24, 2.45) is 0 Å². The standard InChI is InChI=1S/C39H55N7O8/c1-38(2,3)42-30(36(49)54-39(4,5)6)17-12-13-19-40-37(50)53-21-20-46-35-28-15-9-8-14-27(28)25-45(31-18-11-10-16-29(31)34(35)43-44-46)33(48)24-41-32(47)26-52-23-22-51-7/h8-11,14-16,18,30,42H,12-13,17,19-26H2,1-7H3,(H,40,50)(H,41,47). The van der Waals surface area contributed by atoms with Gasteiger partial charge in [0, 0.05) is 30.3 Å². The Morgan fingerprint density at radius 1 is 0.889 bits per heavy atom. The van der Waals surface area contributed by atoms with Gasteiger partial charge in [-0.3, -0.25) is 19.7 Å². The number of aromatic nitrogens is 3. The van der Waals surface area contributed by atoms with Crippen LogP contribution < -0.4 is 20.9 Å². The van der Waals surface area contributed by atoms with Gasteiger partial charge in [0.1, 0.15) is 30.6 Å². The van der Waals surface area contributed by atoms with Crippen LogP contribution in [0.15, 0.2) is 48.5 Å². The summed E-state index contributed by atoms with van der Waals surface area (Å²) in [5.74, 6) is -0.994. The average molecular weight is 750 g/mol. The molecule has 0 bridgehead atoms. The van der Waals surface area contributed by atoms with Gasteiger partial charge in [-0.25, -0.2) is 9.48 Å². The molecule has 1 atom stereocenters. The summed E-state index contributed by atoms with van der Waals surface area (Å²) < 4.78 is 23.0. The highest BCUT2D eigenvalue weighted by molar-refractivity contribution is 6.02. The molecule has 3 aromatic rings. The number of unbranched alkanes of at least 4 members (excludes halogenated alkanes) is 1. The number of ether oxygens (including phenoxy) is 4.